The zero-order chi connectivity index (χ0) is 33.8. The number of guanidine groups is 1. The molecule has 16 N–H and O–H groups in total. The number of nitrogens with one attached hydrogen (secondary N) is 4. The first kappa shape index (κ1) is 38.4. The number of unbranched alkanes of at least 4 members (excludes halogenated alkanes) is 2. The zero-order valence-corrected chi connectivity index (χ0v) is 25.4. The smallest absolute Gasteiger partial charge is 0.243 e. The number of nitrogens with zero attached hydrogens (tertiary/aromatic N) is 1. The van der Waals surface area contributed by atoms with Gasteiger partial charge in [0, 0.05) is 31.3 Å². The van der Waals surface area contributed by atoms with Crippen molar-refractivity contribution < 1.29 is 34.2 Å². The fourth-order valence-corrected chi connectivity index (χ4v) is 4.15. The number of primary amides is 1. The van der Waals surface area contributed by atoms with Crippen LogP contribution in [0.3, 0.4) is 0 Å². The Morgan fingerprint density at radius 2 is 1.44 bits per heavy atom. The number of amides is 5. The lowest BCUT2D eigenvalue weighted by Gasteiger charge is -2.20. The van der Waals surface area contributed by atoms with E-state index >= 15 is 0 Å². The molecule has 1 aromatic rings. The minimum absolute atomic E-state index is 0.0440. The molecule has 0 radical (unpaired) electrons. The molecule has 0 aliphatic heterocycles. The van der Waals surface area contributed by atoms with Gasteiger partial charge in [-0.15, -0.1) is 0 Å². The molecule has 17 heteroatoms. The van der Waals surface area contributed by atoms with Crippen LogP contribution in [-0.2, 0) is 30.4 Å². The molecule has 0 aromatic heterocycles. The standard InChI is InChI=1S/C28H48N10O7/c29-10-4-7-20(38-25(43)19(30)6-5-13-36-28(32)33)26(44)34-11-2-1-3-12-35-27(45)21(16-23(31)41)37-24(42)14-17-8-9-18(39)15-22(17)40/h8-9,15,19-21,39-40H,1-7,10-14,16,29-30H2,(H2,31,41)(H,34,44)(H,35,45)(H,37,42)(H,38,43)(H4,32,33,36)/t19-,20+,21-/m0/s1. The number of phenolic OH excluding ortho intramolecular Hbond substituents is 2. The minimum atomic E-state index is -1.21. The van der Waals surface area contributed by atoms with Crippen LogP contribution in [0, 0.1) is 0 Å². The Hall–Kier alpha value is -4.64. The van der Waals surface area contributed by atoms with E-state index in [4.69, 9.17) is 28.7 Å². The summed E-state index contributed by atoms with van der Waals surface area (Å²) in [6, 6.07) is 0.921. The SMILES string of the molecule is NCCC[C@@H](NC(=O)[C@@H](N)CCCN=C(N)N)C(=O)NCCCCCNC(=O)[C@H](CC(N)=O)NC(=O)Cc1ccc(O)cc1O. The average Bonchev–Trinajstić information content (AvgIpc) is 2.97. The fraction of sp³-hybridized carbons (Fsp3) is 0.571. The summed E-state index contributed by atoms with van der Waals surface area (Å²) >= 11 is 0. The first-order valence-corrected chi connectivity index (χ1v) is 14.8. The van der Waals surface area contributed by atoms with Crippen LogP contribution in [0.2, 0.25) is 0 Å². The van der Waals surface area contributed by atoms with Crippen molar-refractivity contribution >= 4 is 35.5 Å². The van der Waals surface area contributed by atoms with Gasteiger partial charge >= 0.3 is 0 Å². The number of phenols is 2. The molecule has 45 heavy (non-hydrogen) atoms. The van der Waals surface area contributed by atoms with Crippen LogP contribution in [0.4, 0.5) is 0 Å². The van der Waals surface area contributed by atoms with Crippen molar-refractivity contribution in [2.24, 2.45) is 33.7 Å². The second-order valence-electron chi connectivity index (χ2n) is 10.5. The molecule has 1 rings (SSSR count). The Balaban J connectivity index is 2.44. The summed E-state index contributed by atoms with van der Waals surface area (Å²) in [6.45, 7) is 1.26. The van der Waals surface area contributed by atoms with Gasteiger partial charge in [0.15, 0.2) is 5.96 Å². The van der Waals surface area contributed by atoms with Crippen LogP contribution in [0.15, 0.2) is 23.2 Å². The number of carbonyl (C=O) groups excluding carboxylic acids is 5. The molecule has 0 saturated heterocycles. The maximum Gasteiger partial charge on any atom is 0.243 e. The summed E-state index contributed by atoms with van der Waals surface area (Å²) in [5.41, 5.74) is 27.5. The number of aliphatic imine (C=N–C) groups is 1. The van der Waals surface area contributed by atoms with Gasteiger partial charge in [-0.1, -0.05) is 6.07 Å². The summed E-state index contributed by atoms with van der Waals surface area (Å²) in [4.78, 5) is 65.5. The van der Waals surface area contributed by atoms with Crippen LogP contribution < -0.4 is 49.9 Å². The highest BCUT2D eigenvalue weighted by Crippen LogP contribution is 2.22. The zero-order valence-electron chi connectivity index (χ0n) is 25.4. The van der Waals surface area contributed by atoms with E-state index in [1.807, 2.05) is 0 Å². The van der Waals surface area contributed by atoms with Crippen LogP contribution in [0.25, 0.3) is 0 Å². The van der Waals surface area contributed by atoms with Crippen molar-refractivity contribution in [3.63, 3.8) is 0 Å². The van der Waals surface area contributed by atoms with E-state index in [1.165, 1.54) is 12.1 Å². The highest BCUT2D eigenvalue weighted by Gasteiger charge is 2.24. The maximum absolute atomic E-state index is 12.7. The van der Waals surface area contributed by atoms with Crippen LogP contribution in [-0.4, -0.2) is 90.0 Å². The first-order valence-electron chi connectivity index (χ1n) is 14.8. The minimum Gasteiger partial charge on any atom is -0.508 e. The molecule has 252 valence electrons. The van der Waals surface area contributed by atoms with Crippen molar-refractivity contribution in [2.45, 2.75) is 75.9 Å². The second-order valence-corrected chi connectivity index (χ2v) is 10.5. The topological polar surface area (TPSA) is 316 Å². The van der Waals surface area contributed by atoms with E-state index in [-0.39, 0.29) is 41.9 Å². The lowest BCUT2D eigenvalue weighted by molar-refractivity contribution is -0.131. The van der Waals surface area contributed by atoms with E-state index in [0.717, 1.165) is 6.07 Å². The van der Waals surface area contributed by atoms with Gasteiger partial charge < -0.3 is 60.1 Å². The first-order chi connectivity index (χ1) is 21.3. The Morgan fingerprint density at radius 3 is 2.02 bits per heavy atom. The normalized spacial score (nSPS) is 12.7. The summed E-state index contributed by atoms with van der Waals surface area (Å²) in [7, 11) is 0. The van der Waals surface area contributed by atoms with E-state index < -0.39 is 48.2 Å². The highest BCUT2D eigenvalue weighted by molar-refractivity contribution is 5.92. The lowest BCUT2D eigenvalue weighted by atomic mass is 10.1. The van der Waals surface area contributed by atoms with Gasteiger partial charge in [0.25, 0.3) is 0 Å². The predicted octanol–water partition coefficient (Wildman–Crippen LogP) is -2.99. The average molecular weight is 637 g/mol. The van der Waals surface area contributed by atoms with Gasteiger partial charge in [-0.3, -0.25) is 29.0 Å². The van der Waals surface area contributed by atoms with E-state index in [1.54, 1.807) is 0 Å². The number of benzene rings is 1. The summed E-state index contributed by atoms with van der Waals surface area (Å²) in [5.74, 6) is -3.33. The van der Waals surface area contributed by atoms with Gasteiger partial charge in [0.2, 0.25) is 29.5 Å². The number of nitrogens with two attached hydrogens (primary N) is 5. The molecule has 0 aliphatic carbocycles. The third-order valence-electron chi connectivity index (χ3n) is 6.56. The Kier molecular flexibility index (Phi) is 18.0. The Labute approximate surface area is 262 Å². The van der Waals surface area contributed by atoms with Crippen molar-refractivity contribution in [3.05, 3.63) is 23.8 Å². The molecule has 0 heterocycles. The molecule has 0 aliphatic rings. The summed E-state index contributed by atoms with van der Waals surface area (Å²) in [5, 5.41) is 29.8. The van der Waals surface area contributed by atoms with E-state index in [9.17, 15) is 34.2 Å². The quantitative estimate of drug-likeness (QED) is 0.0346. The molecule has 0 spiro atoms. The number of carbonyl (C=O) groups is 5. The van der Waals surface area contributed by atoms with E-state index in [0.29, 0.717) is 64.6 Å². The van der Waals surface area contributed by atoms with Crippen LogP contribution in [0.5, 0.6) is 11.5 Å². The molecule has 17 nitrogen and oxygen atoms in total. The van der Waals surface area contributed by atoms with Crippen molar-refractivity contribution in [1.82, 2.24) is 21.3 Å². The van der Waals surface area contributed by atoms with Crippen LogP contribution >= 0.6 is 0 Å². The molecule has 1 aromatic carbocycles. The second kappa shape index (κ2) is 21.1. The van der Waals surface area contributed by atoms with Crippen molar-refractivity contribution in [2.75, 3.05) is 26.2 Å². The number of rotatable bonds is 22. The summed E-state index contributed by atoms with van der Waals surface area (Å²) < 4.78 is 0. The fourth-order valence-electron chi connectivity index (χ4n) is 4.15. The molecule has 0 saturated carbocycles. The number of hydrogen-bond acceptors (Lipinski definition) is 10. The van der Waals surface area contributed by atoms with Crippen molar-refractivity contribution in [3.8, 4) is 11.5 Å². The monoisotopic (exact) mass is 636 g/mol. The number of aromatic hydroxyl groups is 2. The molecule has 0 fully saturated rings. The van der Waals surface area contributed by atoms with Crippen molar-refractivity contribution in [1.29, 1.82) is 0 Å². The molecule has 0 unspecified atom stereocenters. The summed E-state index contributed by atoms with van der Waals surface area (Å²) in [6.07, 6.45) is 2.76. The molecule has 5 amide bonds. The lowest BCUT2D eigenvalue weighted by Crippen LogP contribution is -2.51. The molecular weight excluding hydrogens is 588 g/mol. The molecule has 0 bridgehead atoms. The van der Waals surface area contributed by atoms with Crippen LogP contribution in [0.1, 0.15) is 56.9 Å². The third kappa shape index (κ3) is 16.7. The Bertz CT molecular complexity index is 1160. The van der Waals surface area contributed by atoms with Gasteiger partial charge in [0.1, 0.15) is 23.6 Å². The van der Waals surface area contributed by atoms with Gasteiger partial charge in [-0.2, -0.15) is 0 Å². The molecule has 3 atom stereocenters. The molecular formula is C28H48N10O7. The highest BCUT2D eigenvalue weighted by atomic mass is 16.3. The maximum atomic E-state index is 12.7. The Morgan fingerprint density at radius 1 is 0.800 bits per heavy atom. The van der Waals surface area contributed by atoms with E-state index in [2.05, 4.69) is 26.3 Å². The van der Waals surface area contributed by atoms with Gasteiger partial charge in [-0.05, 0) is 57.6 Å². The third-order valence-corrected chi connectivity index (χ3v) is 6.56. The predicted molar refractivity (Wildman–Crippen MR) is 167 cm³/mol. The van der Waals surface area contributed by atoms with Gasteiger partial charge in [-0.25, -0.2) is 0 Å². The largest absolute Gasteiger partial charge is 0.508 e. The number of hydrogen-bond donors (Lipinski definition) is 11. The van der Waals surface area contributed by atoms with Gasteiger partial charge in [0.05, 0.1) is 18.9 Å².